The Morgan fingerprint density at radius 2 is 2.08 bits per heavy atom. The van der Waals surface area contributed by atoms with Gasteiger partial charge in [0.25, 0.3) is 0 Å². The minimum Gasteiger partial charge on any atom is -0.508 e. The number of nitrogens with one attached hydrogen (secondary N) is 1. The minimum absolute atomic E-state index is 0.00579. The van der Waals surface area contributed by atoms with E-state index in [1.54, 1.807) is 6.07 Å². The van der Waals surface area contributed by atoms with Crippen molar-refractivity contribution in [1.29, 1.82) is 0 Å². The standard InChI is InChI=1S/C19H29N3O2/c1-21(14-15-6-4-7-15)19(24)20-13-18(22-10-2-3-11-22)16-8-5-9-17(23)12-16/h5,8-9,12,15,18,23H,2-4,6-7,10-11,13-14H2,1H3,(H,20,24)/t18-/m0/s1. The molecule has 1 aliphatic carbocycles. The summed E-state index contributed by atoms with van der Waals surface area (Å²) in [5, 5.41) is 12.9. The lowest BCUT2D eigenvalue weighted by Gasteiger charge is -2.32. The van der Waals surface area contributed by atoms with E-state index in [-0.39, 0.29) is 17.8 Å². The summed E-state index contributed by atoms with van der Waals surface area (Å²) >= 11 is 0. The van der Waals surface area contributed by atoms with Gasteiger partial charge in [-0.3, -0.25) is 4.90 Å². The summed E-state index contributed by atoms with van der Waals surface area (Å²) in [7, 11) is 1.88. The fraction of sp³-hybridized carbons (Fsp3) is 0.632. The monoisotopic (exact) mass is 331 g/mol. The van der Waals surface area contributed by atoms with Crippen LogP contribution >= 0.6 is 0 Å². The number of hydrogen-bond acceptors (Lipinski definition) is 3. The van der Waals surface area contributed by atoms with Crippen molar-refractivity contribution in [3.05, 3.63) is 29.8 Å². The highest BCUT2D eigenvalue weighted by molar-refractivity contribution is 5.73. The van der Waals surface area contributed by atoms with Crippen LogP contribution in [0.15, 0.2) is 24.3 Å². The summed E-state index contributed by atoms with van der Waals surface area (Å²) in [4.78, 5) is 16.6. The molecule has 24 heavy (non-hydrogen) atoms. The lowest BCUT2D eigenvalue weighted by Crippen LogP contribution is -2.44. The van der Waals surface area contributed by atoms with E-state index in [0.717, 1.165) is 25.2 Å². The van der Waals surface area contributed by atoms with E-state index in [9.17, 15) is 9.90 Å². The maximum absolute atomic E-state index is 12.4. The first-order valence-electron chi connectivity index (χ1n) is 9.15. The zero-order valence-corrected chi connectivity index (χ0v) is 14.6. The Bertz CT molecular complexity index is 553. The zero-order valence-electron chi connectivity index (χ0n) is 14.6. The van der Waals surface area contributed by atoms with Crippen molar-refractivity contribution in [2.45, 2.75) is 38.1 Å². The van der Waals surface area contributed by atoms with Crippen LogP contribution in [0.2, 0.25) is 0 Å². The van der Waals surface area contributed by atoms with Crippen LogP contribution < -0.4 is 5.32 Å². The number of phenolic OH excluding ortho intramolecular Hbond substituents is 1. The lowest BCUT2D eigenvalue weighted by molar-refractivity contribution is 0.176. The third-order valence-electron chi connectivity index (χ3n) is 5.39. The average molecular weight is 331 g/mol. The van der Waals surface area contributed by atoms with E-state index in [0.29, 0.717) is 12.5 Å². The van der Waals surface area contributed by atoms with E-state index in [4.69, 9.17) is 0 Å². The number of likely N-dealkylation sites (tertiary alicyclic amines) is 1. The van der Waals surface area contributed by atoms with Gasteiger partial charge in [0.05, 0.1) is 6.04 Å². The van der Waals surface area contributed by atoms with Gasteiger partial charge in [-0.25, -0.2) is 4.79 Å². The quantitative estimate of drug-likeness (QED) is 0.842. The second-order valence-electron chi connectivity index (χ2n) is 7.22. The molecule has 0 bridgehead atoms. The number of benzene rings is 1. The molecule has 0 aromatic heterocycles. The molecule has 1 aromatic carbocycles. The Hall–Kier alpha value is -1.75. The molecule has 2 amide bonds. The first-order valence-corrected chi connectivity index (χ1v) is 9.15. The van der Waals surface area contributed by atoms with Crippen LogP contribution in [0.4, 0.5) is 4.79 Å². The Kier molecular flexibility index (Phi) is 5.61. The number of rotatable bonds is 6. The second kappa shape index (κ2) is 7.88. The van der Waals surface area contributed by atoms with Gasteiger partial charge in [0.1, 0.15) is 5.75 Å². The van der Waals surface area contributed by atoms with E-state index in [2.05, 4.69) is 10.2 Å². The van der Waals surface area contributed by atoms with Crippen LogP contribution in [-0.2, 0) is 0 Å². The molecule has 1 atom stereocenters. The number of urea groups is 1. The molecular weight excluding hydrogens is 302 g/mol. The SMILES string of the molecule is CN(CC1CCC1)C(=O)NC[C@@H](c1cccc(O)c1)N1CCCC1. The van der Waals surface area contributed by atoms with Crippen molar-refractivity contribution in [3.8, 4) is 5.75 Å². The van der Waals surface area contributed by atoms with Crippen LogP contribution in [0.25, 0.3) is 0 Å². The number of nitrogens with zero attached hydrogens (tertiary/aromatic N) is 2. The first kappa shape index (κ1) is 17.1. The normalized spacial score (nSPS) is 19.7. The van der Waals surface area contributed by atoms with Crippen molar-refractivity contribution >= 4 is 6.03 Å². The average Bonchev–Trinajstić information content (AvgIpc) is 3.05. The molecule has 1 saturated heterocycles. The molecule has 2 aliphatic rings. The van der Waals surface area contributed by atoms with Crippen LogP contribution in [0, 0.1) is 5.92 Å². The second-order valence-corrected chi connectivity index (χ2v) is 7.22. The van der Waals surface area contributed by atoms with Crippen molar-refractivity contribution in [2.75, 3.05) is 33.2 Å². The van der Waals surface area contributed by atoms with E-state index in [1.165, 1.54) is 32.1 Å². The number of carbonyl (C=O) groups is 1. The minimum atomic E-state index is 0.00579. The Morgan fingerprint density at radius 1 is 1.33 bits per heavy atom. The van der Waals surface area contributed by atoms with Gasteiger partial charge in [0.2, 0.25) is 0 Å². The van der Waals surface area contributed by atoms with E-state index in [1.807, 2.05) is 30.1 Å². The predicted molar refractivity (Wildman–Crippen MR) is 95.0 cm³/mol. The van der Waals surface area contributed by atoms with E-state index >= 15 is 0 Å². The molecule has 0 radical (unpaired) electrons. The number of phenols is 1. The largest absolute Gasteiger partial charge is 0.508 e. The highest BCUT2D eigenvalue weighted by atomic mass is 16.3. The predicted octanol–water partition coefficient (Wildman–Crippen LogP) is 2.97. The molecule has 1 heterocycles. The van der Waals surface area contributed by atoms with Crippen molar-refractivity contribution < 1.29 is 9.90 Å². The third-order valence-corrected chi connectivity index (χ3v) is 5.39. The molecule has 5 nitrogen and oxygen atoms in total. The van der Waals surface area contributed by atoms with Gasteiger partial charge in [0.15, 0.2) is 0 Å². The fourth-order valence-electron chi connectivity index (χ4n) is 3.71. The van der Waals surface area contributed by atoms with Gasteiger partial charge in [-0.1, -0.05) is 18.6 Å². The van der Waals surface area contributed by atoms with E-state index < -0.39 is 0 Å². The highest BCUT2D eigenvalue weighted by Gasteiger charge is 2.26. The number of amides is 2. The topological polar surface area (TPSA) is 55.8 Å². The van der Waals surface area contributed by atoms with Gasteiger partial charge in [-0.15, -0.1) is 0 Å². The number of aromatic hydroxyl groups is 1. The number of hydrogen-bond donors (Lipinski definition) is 2. The first-order chi connectivity index (χ1) is 11.6. The molecule has 132 valence electrons. The lowest BCUT2D eigenvalue weighted by atomic mass is 9.85. The summed E-state index contributed by atoms with van der Waals surface area (Å²) in [6.07, 6.45) is 6.19. The molecule has 5 heteroatoms. The molecule has 1 aromatic rings. The zero-order chi connectivity index (χ0) is 16.9. The fourth-order valence-corrected chi connectivity index (χ4v) is 3.71. The van der Waals surface area contributed by atoms with Crippen molar-refractivity contribution in [2.24, 2.45) is 5.92 Å². The smallest absolute Gasteiger partial charge is 0.317 e. The van der Waals surface area contributed by atoms with Gasteiger partial charge in [-0.05, 0) is 62.4 Å². The van der Waals surface area contributed by atoms with Crippen LogP contribution in [0.5, 0.6) is 5.75 Å². The maximum atomic E-state index is 12.4. The van der Waals surface area contributed by atoms with Gasteiger partial charge >= 0.3 is 6.03 Å². The molecule has 1 aliphatic heterocycles. The molecule has 0 spiro atoms. The van der Waals surface area contributed by atoms with Gasteiger partial charge in [0, 0.05) is 20.1 Å². The summed E-state index contributed by atoms with van der Waals surface area (Å²) in [5.41, 5.74) is 1.07. The molecular formula is C19H29N3O2. The van der Waals surface area contributed by atoms with Crippen molar-refractivity contribution in [3.63, 3.8) is 0 Å². The molecule has 0 unspecified atom stereocenters. The number of carbonyl (C=O) groups excluding carboxylic acids is 1. The van der Waals surface area contributed by atoms with Crippen molar-refractivity contribution in [1.82, 2.24) is 15.1 Å². The maximum Gasteiger partial charge on any atom is 0.317 e. The molecule has 1 saturated carbocycles. The summed E-state index contributed by atoms with van der Waals surface area (Å²) in [6, 6.07) is 7.54. The summed E-state index contributed by atoms with van der Waals surface area (Å²) in [6.45, 7) is 3.53. The molecule has 3 rings (SSSR count). The van der Waals surface area contributed by atoms with Gasteiger partial charge < -0.3 is 15.3 Å². The highest BCUT2D eigenvalue weighted by Crippen LogP contribution is 2.28. The Morgan fingerprint density at radius 3 is 2.71 bits per heavy atom. The summed E-state index contributed by atoms with van der Waals surface area (Å²) < 4.78 is 0. The van der Waals surface area contributed by atoms with Crippen LogP contribution in [-0.4, -0.2) is 54.2 Å². The van der Waals surface area contributed by atoms with Gasteiger partial charge in [-0.2, -0.15) is 0 Å². The summed E-state index contributed by atoms with van der Waals surface area (Å²) in [5.74, 6) is 0.964. The molecule has 2 N–H and O–H groups in total. The van der Waals surface area contributed by atoms with Crippen LogP contribution in [0.3, 0.4) is 0 Å². The Labute approximate surface area is 144 Å². The van der Waals surface area contributed by atoms with Crippen LogP contribution in [0.1, 0.15) is 43.7 Å². The molecule has 2 fully saturated rings. The Balaban J connectivity index is 1.60. The third kappa shape index (κ3) is 4.20.